The molecule has 1 saturated heterocycles. The number of methoxy groups -OCH3 is 1. The average Bonchev–Trinajstić information content (AvgIpc) is 2.72. The van der Waals surface area contributed by atoms with Crippen molar-refractivity contribution in [3.8, 4) is 5.88 Å². The van der Waals surface area contributed by atoms with Crippen LogP contribution in [0.3, 0.4) is 0 Å². The minimum atomic E-state index is 0.508. The van der Waals surface area contributed by atoms with E-state index in [9.17, 15) is 0 Å². The van der Waals surface area contributed by atoms with E-state index in [2.05, 4.69) is 35.8 Å². The Balaban J connectivity index is 2.18. The van der Waals surface area contributed by atoms with Gasteiger partial charge in [0.15, 0.2) is 0 Å². The van der Waals surface area contributed by atoms with Crippen LogP contribution in [0.1, 0.15) is 6.92 Å². The molecule has 1 aliphatic rings. The lowest BCUT2D eigenvalue weighted by Gasteiger charge is -2.22. The van der Waals surface area contributed by atoms with Crippen molar-refractivity contribution in [1.29, 1.82) is 0 Å². The van der Waals surface area contributed by atoms with E-state index in [-0.39, 0.29) is 0 Å². The highest BCUT2D eigenvalue weighted by Crippen LogP contribution is 2.28. The summed E-state index contributed by atoms with van der Waals surface area (Å²) in [5.41, 5.74) is 6.37. The fourth-order valence-corrected chi connectivity index (χ4v) is 2.59. The van der Waals surface area contributed by atoms with Gasteiger partial charge in [0.1, 0.15) is 5.82 Å². The van der Waals surface area contributed by atoms with Gasteiger partial charge in [-0.2, -0.15) is 4.98 Å². The van der Waals surface area contributed by atoms with Gasteiger partial charge in [-0.05, 0) is 32.1 Å². The predicted molar refractivity (Wildman–Crippen MR) is 74.1 cm³/mol. The average molecular weight is 250 g/mol. The largest absolute Gasteiger partial charge is 0.479 e. The quantitative estimate of drug-likeness (QED) is 0.869. The molecule has 2 atom stereocenters. The molecule has 2 N–H and O–H groups in total. The molecular formula is C13H22N4O. The Labute approximate surface area is 109 Å². The predicted octanol–water partition coefficient (Wildman–Crippen LogP) is 1.06. The maximum Gasteiger partial charge on any atom is 0.238 e. The van der Waals surface area contributed by atoms with Gasteiger partial charge in [0.2, 0.25) is 5.88 Å². The van der Waals surface area contributed by atoms with E-state index in [1.807, 2.05) is 12.1 Å². The van der Waals surface area contributed by atoms with Crippen molar-refractivity contribution in [2.45, 2.75) is 13.0 Å². The third-order valence-corrected chi connectivity index (χ3v) is 3.63. The van der Waals surface area contributed by atoms with Gasteiger partial charge < -0.3 is 20.3 Å². The third kappa shape index (κ3) is 2.36. The zero-order valence-electron chi connectivity index (χ0n) is 11.6. The summed E-state index contributed by atoms with van der Waals surface area (Å²) in [4.78, 5) is 9.03. The Bertz CT molecular complexity index is 421. The summed E-state index contributed by atoms with van der Waals surface area (Å²) in [7, 11) is 5.85. The summed E-state index contributed by atoms with van der Waals surface area (Å²) in [6.07, 6.45) is 0. The lowest BCUT2D eigenvalue weighted by atomic mass is 10.1. The fourth-order valence-electron chi connectivity index (χ4n) is 2.59. The zero-order chi connectivity index (χ0) is 13.3. The van der Waals surface area contributed by atoms with Crippen molar-refractivity contribution >= 4 is 11.5 Å². The first kappa shape index (κ1) is 13.0. The fraction of sp³-hybridized carbons (Fsp3) is 0.615. The molecule has 2 unspecified atom stereocenters. The van der Waals surface area contributed by atoms with Crippen LogP contribution in [-0.2, 0) is 0 Å². The molecule has 2 heterocycles. The van der Waals surface area contributed by atoms with Crippen LogP contribution in [0.5, 0.6) is 5.88 Å². The summed E-state index contributed by atoms with van der Waals surface area (Å²) in [6, 6.07) is 4.38. The number of rotatable bonds is 3. The second-order valence-electron chi connectivity index (χ2n) is 5.18. The molecule has 1 fully saturated rings. The Hall–Kier alpha value is -1.49. The van der Waals surface area contributed by atoms with Gasteiger partial charge in [-0.15, -0.1) is 0 Å². The minimum absolute atomic E-state index is 0.508. The molecule has 0 spiro atoms. The standard InChI is InChI=1S/C13H22N4O/c1-9-7-17(8-11(9)16(2)3)12-6-5-10(14)13(15-12)18-4/h5-6,9,11H,7-8,14H2,1-4H3. The van der Waals surface area contributed by atoms with E-state index in [4.69, 9.17) is 10.5 Å². The second-order valence-corrected chi connectivity index (χ2v) is 5.18. The van der Waals surface area contributed by atoms with Gasteiger partial charge in [0.05, 0.1) is 12.8 Å². The zero-order valence-corrected chi connectivity index (χ0v) is 11.6. The monoisotopic (exact) mass is 250 g/mol. The summed E-state index contributed by atoms with van der Waals surface area (Å²) in [6.45, 7) is 4.29. The van der Waals surface area contributed by atoms with Crippen LogP contribution in [0.25, 0.3) is 0 Å². The molecule has 0 aliphatic carbocycles. The van der Waals surface area contributed by atoms with Crippen molar-refractivity contribution in [2.24, 2.45) is 5.92 Å². The first-order chi connectivity index (χ1) is 8.52. The lowest BCUT2D eigenvalue weighted by molar-refractivity contribution is 0.266. The van der Waals surface area contributed by atoms with Gasteiger partial charge in [0.25, 0.3) is 0 Å². The number of nitrogens with two attached hydrogens (primary N) is 1. The first-order valence-corrected chi connectivity index (χ1v) is 6.24. The first-order valence-electron chi connectivity index (χ1n) is 6.24. The molecule has 18 heavy (non-hydrogen) atoms. The number of ether oxygens (including phenoxy) is 1. The molecule has 100 valence electrons. The molecule has 1 aromatic rings. The number of hydrogen-bond acceptors (Lipinski definition) is 5. The SMILES string of the molecule is COc1nc(N2CC(C)C(N(C)C)C2)ccc1N. The summed E-state index contributed by atoms with van der Waals surface area (Å²) in [5, 5.41) is 0. The van der Waals surface area contributed by atoms with Crippen LogP contribution in [-0.4, -0.2) is 50.2 Å². The van der Waals surface area contributed by atoms with E-state index >= 15 is 0 Å². The van der Waals surface area contributed by atoms with E-state index in [1.54, 1.807) is 7.11 Å². The Kier molecular flexibility index (Phi) is 3.61. The highest BCUT2D eigenvalue weighted by atomic mass is 16.5. The number of nitrogen functional groups attached to an aromatic ring is 1. The van der Waals surface area contributed by atoms with Crippen molar-refractivity contribution in [3.05, 3.63) is 12.1 Å². The minimum Gasteiger partial charge on any atom is -0.479 e. The van der Waals surface area contributed by atoms with Crippen LogP contribution < -0.4 is 15.4 Å². The Morgan fingerprint density at radius 3 is 2.67 bits per heavy atom. The highest BCUT2D eigenvalue weighted by Gasteiger charge is 2.31. The molecule has 0 aromatic carbocycles. The van der Waals surface area contributed by atoms with Crippen molar-refractivity contribution in [3.63, 3.8) is 0 Å². The summed E-state index contributed by atoms with van der Waals surface area (Å²) >= 11 is 0. The topological polar surface area (TPSA) is 54.6 Å². The highest BCUT2D eigenvalue weighted by molar-refractivity contribution is 5.55. The van der Waals surface area contributed by atoms with Gasteiger partial charge in [-0.1, -0.05) is 6.92 Å². The smallest absolute Gasteiger partial charge is 0.238 e. The van der Waals surface area contributed by atoms with Crippen molar-refractivity contribution in [2.75, 3.05) is 44.9 Å². The van der Waals surface area contributed by atoms with E-state index in [0.717, 1.165) is 18.9 Å². The molecule has 1 aliphatic heterocycles. The molecule has 5 heteroatoms. The number of anilines is 2. The molecule has 0 radical (unpaired) electrons. The van der Waals surface area contributed by atoms with E-state index < -0.39 is 0 Å². The van der Waals surface area contributed by atoms with E-state index in [0.29, 0.717) is 23.5 Å². The van der Waals surface area contributed by atoms with Crippen LogP contribution in [0.4, 0.5) is 11.5 Å². The summed E-state index contributed by atoms with van der Waals surface area (Å²) in [5.74, 6) is 2.08. The summed E-state index contributed by atoms with van der Waals surface area (Å²) < 4.78 is 5.17. The van der Waals surface area contributed by atoms with Crippen molar-refractivity contribution < 1.29 is 4.74 Å². The van der Waals surface area contributed by atoms with Crippen molar-refractivity contribution in [1.82, 2.24) is 9.88 Å². The van der Waals surface area contributed by atoms with Crippen LogP contribution in [0.15, 0.2) is 12.1 Å². The third-order valence-electron chi connectivity index (χ3n) is 3.63. The number of hydrogen-bond donors (Lipinski definition) is 1. The number of nitrogens with zero attached hydrogens (tertiary/aromatic N) is 3. The Morgan fingerprint density at radius 2 is 2.11 bits per heavy atom. The number of likely N-dealkylation sites (N-methyl/N-ethyl adjacent to an activating group) is 1. The van der Waals surface area contributed by atoms with Crippen LogP contribution >= 0.6 is 0 Å². The molecule has 2 rings (SSSR count). The van der Waals surface area contributed by atoms with Crippen LogP contribution in [0.2, 0.25) is 0 Å². The molecule has 1 aromatic heterocycles. The number of pyridine rings is 1. The van der Waals surface area contributed by atoms with Gasteiger partial charge >= 0.3 is 0 Å². The Morgan fingerprint density at radius 1 is 1.39 bits per heavy atom. The maximum absolute atomic E-state index is 5.79. The van der Waals surface area contributed by atoms with Gasteiger partial charge in [-0.3, -0.25) is 0 Å². The maximum atomic E-state index is 5.79. The normalized spacial score (nSPS) is 23.7. The molecule has 0 bridgehead atoms. The molecule has 5 nitrogen and oxygen atoms in total. The molecule has 0 saturated carbocycles. The second kappa shape index (κ2) is 5.02. The lowest BCUT2D eigenvalue weighted by Crippen LogP contribution is -2.34. The van der Waals surface area contributed by atoms with E-state index in [1.165, 1.54) is 0 Å². The van der Waals surface area contributed by atoms with Gasteiger partial charge in [0, 0.05) is 19.1 Å². The molecular weight excluding hydrogens is 228 g/mol. The molecule has 0 amide bonds. The van der Waals surface area contributed by atoms with Gasteiger partial charge in [-0.25, -0.2) is 0 Å². The number of aromatic nitrogens is 1. The van der Waals surface area contributed by atoms with Crippen LogP contribution in [0, 0.1) is 5.92 Å².